The maximum Gasteiger partial charge on any atom is 0.129 e. The highest BCUT2D eigenvalue weighted by molar-refractivity contribution is 5.40. The third kappa shape index (κ3) is 6.42. The Labute approximate surface area is 108 Å². The van der Waals surface area contributed by atoms with Gasteiger partial charge in [0.1, 0.15) is 18.2 Å². The van der Waals surface area contributed by atoms with Crippen LogP contribution in [0.2, 0.25) is 0 Å². The summed E-state index contributed by atoms with van der Waals surface area (Å²) in [7, 11) is 1.65. The van der Waals surface area contributed by atoms with E-state index >= 15 is 0 Å². The normalized spacial score (nSPS) is 10.3. The monoisotopic (exact) mass is 254 g/mol. The fourth-order valence-electron chi connectivity index (χ4n) is 1.31. The van der Waals surface area contributed by atoms with Crippen LogP contribution in [0.3, 0.4) is 0 Å². The Bertz CT molecular complexity index is 321. The van der Waals surface area contributed by atoms with Crippen molar-refractivity contribution in [3.8, 4) is 5.75 Å². The average molecular weight is 254 g/mol. The number of nitrogens with zero attached hydrogens (tertiary/aromatic N) is 1. The molecule has 0 saturated heterocycles. The highest BCUT2D eigenvalue weighted by atomic mass is 16.5. The second-order valence-electron chi connectivity index (χ2n) is 3.76. The Hall–Kier alpha value is -1.33. The van der Waals surface area contributed by atoms with E-state index in [9.17, 15) is 0 Å². The second kappa shape index (κ2) is 9.67. The van der Waals surface area contributed by atoms with E-state index < -0.39 is 0 Å². The average Bonchev–Trinajstić information content (AvgIpc) is 2.41. The van der Waals surface area contributed by atoms with Crippen LogP contribution < -0.4 is 10.1 Å². The minimum Gasteiger partial charge on any atom is -0.491 e. The molecule has 102 valence electrons. The van der Waals surface area contributed by atoms with Gasteiger partial charge >= 0.3 is 0 Å². The van der Waals surface area contributed by atoms with Crippen molar-refractivity contribution in [3.63, 3.8) is 0 Å². The van der Waals surface area contributed by atoms with Gasteiger partial charge in [-0.2, -0.15) is 0 Å². The van der Waals surface area contributed by atoms with Gasteiger partial charge in [0.15, 0.2) is 0 Å². The van der Waals surface area contributed by atoms with E-state index in [-0.39, 0.29) is 0 Å². The topological polar surface area (TPSA) is 52.6 Å². The quantitative estimate of drug-likeness (QED) is 0.647. The molecule has 0 aromatic carbocycles. The summed E-state index contributed by atoms with van der Waals surface area (Å²) in [4.78, 5) is 4.21. The molecule has 0 unspecified atom stereocenters. The molecule has 5 nitrogen and oxygen atoms in total. The summed E-state index contributed by atoms with van der Waals surface area (Å²) in [6.45, 7) is 5.32. The van der Waals surface area contributed by atoms with Crippen LogP contribution in [-0.2, 0) is 9.47 Å². The lowest BCUT2D eigenvalue weighted by Gasteiger charge is -2.09. The third-order valence-electron chi connectivity index (χ3n) is 2.22. The van der Waals surface area contributed by atoms with Crippen molar-refractivity contribution < 1.29 is 14.2 Å². The molecule has 0 amide bonds. The van der Waals surface area contributed by atoms with Crippen molar-refractivity contribution >= 4 is 5.82 Å². The van der Waals surface area contributed by atoms with Crippen LogP contribution in [-0.4, -0.2) is 45.1 Å². The molecule has 1 heterocycles. The van der Waals surface area contributed by atoms with Crippen LogP contribution in [0, 0.1) is 0 Å². The molecule has 0 aliphatic heterocycles. The van der Waals surface area contributed by atoms with Gasteiger partial charge in [0.05, 0.1) is 19.8 Å². The number of hydrogen-bond donors (Lipinski definition) is 1. The SMILES string of the molecule is CCCNc1cc(OCCOCCOC)ccn1. The molecule has 0 aliphatic carbocycles. The number of ether oxygens (including phenoxy) is 3. The second-order valence-corrected chi connectivity index (χ2v) is 3.76. The zero-order chi connectivity index (χ0) is 13.1. The first-order chi connectivity index (χ1) is 8.86. The zero-order valence-electron chi connectivity index (χ0n) is 11.1. The summed E-state index contributed by atoms with van der Waals surface area (Å²) in [5.74, 6) is 1.65. The summed E-state index contributed by atoms with van der Waals surface area (Å²) in [6, 6.07) is 3.73. The van der Waals surface area contributed by atoms with Crippen LogP contribution >= 0.6 is 0 Å². The molecular weight excluding hydrogens is 232 g/mol. The van der Waals surface area contributed by atoms with E-state index in [2.05, 4.69) is 17.2 Å². The minimum atomic E-state index is 0.529. The minimum absolute atomic E-state index is 0.529. The summed E-state index contributed by atoms with van der Waals surface area (Å²) >= 11 is 0. The lowest BCUT2D eigenvalue weighted by Crippen LogP contribution is -2.10. The van der Waals surface area contributed by atoms with Crippen LogP contribution in [0.1, 0.15) is 13.3 Å². The highest BCUT2D eigenvalue weighted by Crippen LogP contribution is 2.14. The molecule has 1 rings (SSSR count). The summed E-state index contributed by atoms with van der Waals surface area (Å²) in [5.41, 5.74) is 0. The van der Waals surface area contributed by atoms with Crippen molar-refractivity contribution in [2.45, 2.75) is 13.3 Å². The molecule has 0 saturated carbocycles. The molecule has 0 aliphatic rings. The summed E-state index contributed by atoms with van der Waals surface area (Å²) in [5, 5.41) is 3.21. The number of anilines is 1. The summed E-state index contributed by atoms with van der Waals surface area (Å²) < 4.78 is 15.7. The molecule has 0 atom stereocenters. The molecule has 5 heteroatoms. The predicted molar refractivity (Wildman–Crippen MR) is 71.2 cm³/mol. The standard InChI is InChI=1S/C13H22N2O3/c1-3-5-14-13-11-12(4-6-15-13)18-10-9-17-8-7-16-2/h4,6,11H,3,5,7-10H2,1-2H3,(H,14,15). The van der Waals surface area contributed by atoms with Crippen LogP contribution in [0.4, 0.5) is 5.82 Å². The highest BCUT2D eigenvalue weighted by Gasteiger charge is 1.97. The molecular formula is C13H22N2O3. The Morgan fingerprint density at radius 1 is 1.22 bits per heavy atom. The van der Waals surface area contributed by atoms with Gasteiger partial charge in [-0.25, -0.2) is 4.98 Å². The molecule has 0 radical (unpaired) electrons. The smallest absolute Gasteiger partial charge is 0.129 e. The lowest BCUT2D eigenvalue weighted by atomic mass is 10.4. The van der Waals surface area contributed by atoms with Crippen molar-refractivity contribution in [2.75, 3.05) is 45.4 Å². The first-order valence-corrected chi connectivity index (χ1v) is 6.26. The third-order valence-corrected chi connectivity index (χ3v) is 2.22. The van der Waals surface area contributed by atoms with Crippen LogP contribution in [0.15, 0.2) is 18.3 Å². The number of rotatable bonds is 10. The molecule has 1 aromatic rings. The molecule has 0 bridgehead atoms. The maximum atomic E-state index is 5.56. The Morgan fingerprint density at radius 2 is 2.06 bits per heavy atom. The predicted octanol–water partition coefficient (Wildman–Crippen LogP) is 1.95. The van der Waals surface area contributed by atoms with Gasteiger partial charge in [-0.3, -0.25) is 0 Å². The zero-order valence-corrected chi connectivity index (χ0v) is 11.1. The van der Waals surface area contributed by atoms with E-state index in [1.165, 1.54) is 0 Å². The van der Waals surface area contributed by atoms with Crippen molar-refractivity contribution in [1.82, 2.24) is 4.98 Å². The van der Waals surface area contributed by atoms with Crippen molar-refractivity contribution in [2.24, 2.45) is 0 Å². The molecule has 18 heavy (non-hydrogen) atoms. The van der Waals surface area contributed by atoms with E-state index in [4.69, 9.17) is 14.2 Å². The Kier molecular flexibility index (Phi) is 7.92. The number of nitrogens with one attached hydrogen (secondary N) is 1. The lowest BCUT2D eigenvalue weighted by molar-refractivity contribution is 0.0544. The van der Waals surface area contributed by atoms with Crippen molar-refractivity contribution in [3.05, 3.63) is 18.3 Å². The van der Waals surface area contributed by atoms with E-state index in [0.29, 0.717) is 26.4 Å². The first kappa shape index (κ1) is 14.7. The van der Waals surface area contributed by atoms with Gasteiger partial charge in [0.25, 0.3) is 0 Å². The number of pyridine rings is 1. The molecule has 1 N–H and O–H groups in total. The Balaban J connectivity index is 2.20. The largest absolute Gasteiger partial charge is 0.491 e. The van der Waals surface area contributed by atoms with Gasteiger partial charge in [0.2, 0.25) is 0 Å². The Morgan fingerprint density at radius 3 is 2.83 bits per heavy atom. The fraction of sp³-hybridized carbons (Fsp3) is 0.615. The molecule has 0 spiro atoms. The van der Waals surface area contributed by atoms with E-state index in [1.807, 2.05) is 12.1 Å². The summed E-state index contributed by atoms with van der Waals surface area (Å²) in [6.07, 6.45) is 2.80. The molecule has 0 fully saturated rings. The van der Waals surface area contributed by atoms with E-state index in [0.717, 1.165) is 24.5 Å². The van der Waals surface area contributed by atoms with Gasteiger partial charge < -0.3 is 19.5 Å². The van der Waals surface area contributed by atoms with Gasteiger partial charge in [-0.1, -0.05) is 6.92 Å². The van der Waals surface area contributed by atoms with Crippen LogP contribution in [0.5, 0.6) is 5.75 Å². The van der Waals surface area contributed by atoms with Gasteiger partial charge in [-0.05, 0) is 12.5 Å². The van der Waals surface area contributed by atoms with Gasteiger partial charge in [0, 0.05) is 25.9 Å². The maximum absolute atomic E-state index is 5.56. The number of hydrogen-bond acceptors (Lipinski definition) is 5. The fourth-order valence-corrected chi connectivity index (χ4v) is 1.31. The number of aromatic nitrogens is 1. The van der Waals surface area contributed by atoms with Crippen molar-refractivity contribution in [1.29, 1.82) is 0 Å². The van der Waals surface area contributed by atoms with Crippen LogP contribution in [0.25, 0.3) is 0 Å². The first-order valence-electron chi connectivity index (χ1n) is 6.26. The van der Waals surface area contributed by atoms with Gasteiger partial charge in [-0.15, -0.1) is 0 Å². The van der Waals surface area contributed by atoms with E-state index in [1.54, 1.807) is 13.3 Å². The number of methoxy groups -OCH3 is 1. The molecule has 1 aromatic heterocycles.